The largest absolute Gasteiger partial charge is 0.450 e. The minimum Gasteiger partial charge on any atom is -0.338 e. The maximum absolute atomic E-state index is 12.3. The van der Waals surface area contributed by atoms with E-state index in [1.165, 1.54) is 18.2 Å². The van der Waals surface area contributed by atoms with Crippen LogP contribution in [0.4, 0.5) is 13.2 Å². The van der Waals surface area contributed by atoms with E-state index < -0.39 is 23.8 Å². The highest BCUT2D eigenvalue weighted by molar-refractivity contribution is 6.42. The molecule has 0 aliphatic rings. The molecular formula is C12H7Cl2F3N2O2. The number of aromatic nitrogens is 2. The van der Waals surface area contributed by atoms with E-state index in [0.717, 1.165) is 6.92 Å². The molecule has 112 valence electrons. The normalized spacial score (nSPS) is 13.2. The van der Waals surface area contributed by atoms with Gasteiger partial charge in [0.15, 0.2) is 0 Å². The van der Waals surface area contributed by atoms with Crippen LogP contribution in [0.5, 0.6) is 0 Å². The highest BCUT2D eigenvalue weighted by Gasteiger charge is 2.44. The quantitative estimate of drug-likeness (QED) is 0.838. The number of ketones is 1. The number of hydrogen-bond acceptors (Lipinski definition) is 4. The second kappa shape index (κ2) is 5.65. The van der Waals surface area contributed by atoms with Crippen molar-refractivity contribution >= 4 is 29.0 Å². The van der Waals surface area contributed by atoms with E-state index in [-0.39, 0.29) is 10.8 Å². The smallest absolute Gasteiger partial charge is 0.338 e. The standard InChI is InChI=1S/C12H7Cl2F3N2O2/c1-5(9(20)12(15,16)17)11-18-10(19-21-11)6-2-3-7(13)8(14)4-6/h2-5H,1H3. The fourth-order valence-electron chi connectivity index (χ4n) is 1.52. The van der Waals surface area contributed by atoms with E-state index in [0.29, 0.717) is 10.6 Å². The van der Waals surface area contributed by atoms with Crippen molar-refractivity contribution in [2.45, 2.75) is 19.0 Å². The molecule has 4 nitrogen and oxygen atoms in total. The van der Waals surface area contributed by atoms with Crippen molar-refractivity contribution < 1.29 is 22.5 Å². The molecule has 0 aliphatic carbocycles. The summed E-state index contributed by atoms with van der Waals surface area (Å²) in [5, 5.41) is 4.08. The number of benzene rings is 1. The van der Waals surface area contributed by atoms with E-state index >= 15 is 0 Å². The Labute approximate surface area is 126 Å². The molecule has 1 atom stereocenters. The third-order valence-electron chi connectivity index (χ3n) is 2.66. The predicted molar refractivity (Wildman–Crippen MR) is 69.2 cm³/mol. The van der Waals surface area contributed by atoms with Gasteiger partial charge in [0.1, 0.15) is 5.92 Å². The topological polar surface area (TPSA) is 56.0 Å². The lowest BCUT2D eigenvalue weighted by Crippen LogP contribution is -2.27. The lowest BCUT2D eigenvalue weighted by atomic mass is 10.1. The van der Waals surface area contributed by atoms with Crippen LogP contribution in [0.25, 0.3) is 11.4 Å². The van der Waals surface area contributed by atoms with Gasteiger partial charge in [-0.2, -0.15) is 18.2 Å². The summed E-state index contributed by atoms with van der Waals surface area (Å²) in [6, 6.07) is 4.45. The maximum atomic E-state index is 12.3. The zero-order chi connectivity index (χ0) is 15.8. The van der Waals surface area contributed by atoms with Crippen LogP contribution in [0.3, 0.4) is 0 Å². The summed E-state index contributed by atoms with van der Waals surface area (Å²) in [7, 11) is 0. The van der Waals surface area contributed by atoms with Crippen LogP contribution in [-0.2, 0) is 4.79 Å². The molecule has 0 radical (unpaired) electrons. The Morgan fingerprint density at radius 2 is 1.95 bits per heavy atom. The SMILES string of the molecule is CC(C(=O)C(F)(F)F)c1nc(-c2ccc(Cl)c(Cl)c2)no1. The van der Waals surface area contributed by atoms with E-state index in [1.54, 1.807) is 0 Å². The minimum absolute atomic E-state index is 0.0189. The molecule has 2 aromatic rings. The van der Waals surface area contributed by atoms with Crippen LogP contribution in [0.15, 0.2) is 22.7 Å². The number of hydrogen-bond donors (Lipinski definition) is 0. The van der Waals surface area contributed by atoms with Gasteiger partial charge in [0, 0.05) is 5.56 Å². The van der Waals surface area contributed by atoms with Crippen molar-refractivity contribution in [3.8, 4) is 11.4 Å². The van der Waals surface area contributed by atoms with Crippen LogP contribution in [0, 0.1) is 0 Å². The molecule has 1 unspecified atom stereocenters. The summed E-state index contributed by atoms with van der Waals surface area (Å²) >= 11 is 11.6. The van der Waals surface area contributed by atoms with Crippen molar-refractivity contribution in [1.82, 2.24) is 10.1 Å². The molecule has 1 aromatic heterocycles. The molecule has 9 heteroatoms. The molecule has 0 N–H and O–H groups in total. The molecule has 21 heavy (non-hydrogen) atoms. The van der Waals surface area contributed by atoms with Crippen molar-refractivity contribution in [2.24, 2.45) is 0 Å². The van der Waals surface area contributed by atoms with Crippen LogP contribution < -0.4 is 0 Å². The van der Waals surface area contributed by atoms with Crippen molar-refractivity contribution in [3.05, 3.63) is 34.1 Å². The Kier molecular flexibility index (Phi) is 4.25. The summed E-state index contributed by atoms with van der Waals surface area (Å²) in [5.74, 6) is -3.93. The summed E-state index contributed by atoms with van der Waals surface area (Å²) in [4.78, 5) is 14.9. The van der Waals surface area contributed by atoms with Crippen LogP contribution in [-0.4, -0.2) is 22.1 Å². The van der Waals surface area contributed by atoms with Gasteiger partial charge in [-0.1, -0.05) is 28.4 Å². The molecular weight excluding hydrogens is 332 g/mol. The highest BCUT2D eigenvalue weighted by Crippen LogP contribution is 2.30. The number of carbonyl (C=O) groups excluding carboxylic acids is 1. The van der Waals surface area contributed by atoms with Gasteiger partial charge in [0.25, 0.3) is 0 Å². The van der Waals surface area contributed by atoms with Crippen molar-refractivity contribution in [2.75, 3.05) is 0 Å². The van der Waals surface area contributed by atoms with Crippen molar-refractivity contribution in [1.29, 1.82) is 0 Å². The molecule has 0 amide bonds. The molecule has 2 rings (SSSR count). The molecule has 0 fully saturated rings. The van der Waals surface area contributed by atoms with E-state index in [1.807, 2.05) is 0 Å². The van der Waals surface area contributed by atoms with E-state index in [4.69, 9.17) is 27.7 Å². The second-order valence-corrected chi connectivity index (χ2v) is 4.98. The molecule has 0 saturated heterocycles. The van der Waals surface area contributed by atoms with Gasteiger partial charge in [-0.3, -0.25) is 4.79 Å². The van der Waals surface area contributed by atoms with Gasteiger partial charge in [-0.25, -0.2) is 0 Å². The van der Waals surface area contributed by atoms with Crippen LogP contribution >= 0.6 is 23.2 Å². The monoisotopic (exact) mass is 338 g/mol. The summed E-state index contributed by atoms with van der Waals surface area (Å²) in [6.07, 6.45) is -4.96. The lowest BCUT2D eigenvalue weighted by Gasteiger charge is -2.08. The summed E-state index contributed by atoms with van der Waals surface area (Å²) in [5.41, 5.74) is 0.408. The Hall–Kier alpha value is -1.60. The lowest BCUT2D eigenvalue weighted by molar-refractivity contribution is -0.172. The number of rotatable bonds is 3. The van der Waals surface area contributed by atoms with Gasteiger partial charge in [0.2, 0.25) is 17.5 Å². The number of carbonyl (C=O) groups is 1. The van der Waals surface area contributed by atoms with Gasteiger partial charge in [0.05, 0.1) is 10.0 Å². The third kappa shape index (κ3) is 3.36. The molecule has 0 spiro atoms. The fourth-order valence-corrected chi connectivity index (χ4v) is 1.82. The summed E-state index contributed by atoms with van der Waals surface area (Å²) in [6.45, 7) is 1.04. The van der Waals surface area contributed by atoms with E-state index in [2.05, 4.69) is 10.1 Å². The zero-order valence-corrected chi connectivity index (χ0v) is 11.9. The zero-order valence-electron chi connectivity index (χ0n) is 10.4. The highest BCUT2D eigenvalue weighted by atomic mass is 35.5. The number of Topliss-reactive ketones (excluding diaryl/α,β-unsaturated/α-hetero) is 1. The van der Waals surface area contributed by atoms with Gasteiger partial charge in [-0.15, -0.1) is 0 Å². The van der Waals surface area contributed by atoms with Gasteiger partial charge in [-0.05, 0) is 25.1 Å². The van der Waals surface area contributed by atoms with Gasteiger partial charge < -0.3 is 4.52 Å². The molecule has 1 aromatic carbocycles. The van der Waals surface area contributed by atoms with Gasteiger partial charge >= 0.3 is 6.18 Å². The Balaban J connectivity index is 2.29. The predicted octanol–water partition coefficient (Wildman–Crippen LogP) is 4.28. The minimum atomic E-state index is -4.96. The average molecular weight is 339 g/mol. The number of halogens is 5. The Morgan fingerprint density at radius 3 is 2.52 bits per heavy atom. The first kappa shape index (κ1) is 15.8. The fraction of sp³-hybridized carbons (Fsp3) is 0.250. The van der Waals surface area contributed by atoms with Crippen LogP contribution in [0.1, 0.15) is 18.7 Å². The van der Waals surface area contributed by atoms with E-state index in [9.17, 15) is 18.0 Å². The Morgan fingerprint density at radius 1 is 1.29 bits per heavy atom. The average Bonchev–Trinajstić information content (AvgIpc) is 2.88. The first-order valence-corrected chi connectivity index (χ1v) is 6.36. The molecule has 0 aliphatic heterocycles. The molecule has 0 bridgehead atoms. The first-order valence-electron chi connectivity index (χ1n) is 5.60. The summed E-state index contributed by atoms with van der Waals surface area (Å²) < 4.78 is 41.7. The number of alkyl halides is 3. The third-order valence-corrected chi connectivity index (χ3v) is 3.40. The molecule has 0 saturated carbocycles. The molecule has 1 heterocycles. The number of nitrogens with zero attached hydrogens (tertiary/aromatic N) is 2. The first-order chi connectivity index (χ1) is 9.70. The maximum Gasteiger partial charge on any atom is 0.450 e. The van der Waals surface area contributed by atoms with Crippen molar-refractivity contribution in [3.63, 3.8) is 0 Å². The van der Waals surface area contributed by atoms with Crippen LogP contribution in [0.2, 0.25) is 10.0 Å². The second-order valence-electron chi connectivity index (χ2n) is 4.17. The Bertz CT molecular complexity index is 685.